The van der Waals surface area contributed by atoms with Crippen molar-refractivity contribution in [2.75, 3.05) is 11.9 Å². The molecule has 29 heavy (non-hydrogen) atoms. The van der Waals surface area contributed by atoms with Crippen LogP contribution in [0.5, 0.6) is 0 Å². The molecule has 7 heteroatoms. The summed E-state index contributed by atoms with van der Waals surface area (Å²) >= 11 is 0. The third-order valence-electron chi connectivity index (χ3n) is 4.52. The van der Waals surface area contributed by atoms with E-state index in [9.17, 15) is 14.4 Å². The SMILES string of the molecule is CCNC(=O)CCc1nc2ccccc2n(CC(=O)Nc2ccc(C)cc2)c1=O. The summed E-state index contributed by atoms with van der Waals surface area (Å²) in [4.78, 5) is 41.7. The molecular formula is C22H24N4O3. The van der Waals surface area contributed by atoms with Gasteiger partial charge in [-0.15, -0.1) is 0 Å². The maximum Gasteiger partial charge on any atom is 0.273 e. The first-order valence-electron chi connectivity index (χ1n) is 9.59. The Morgan fingerprint density at radius 3 is 2.48 bits per heavy atom. The van der Waals surface area contributed by atoms with Gasteiger partial charge in [-0.25, -0.2) is 4.98 Å². The molecular weight excluding hydrogens is 368 g/mol. The van der Waals surface area contributed by atoms with Crippen molar-refractivity contribution in [2.24, 2.45) is 0 Å². The van der Waals surface area contributed by atoms with Crippen LogP contribution in [0.4, 0.5) is 5.69 Å². The van der Waals surface area contributed by atoms with E-state index in [1.165, 1.54) is 4.57 Å². The van der Waals surface area contributed by atoms with E-state index < -0.39 is 0 Å². The summed E-state index contributed by atoms with van der Waals surface area (Å²) in [6.45, 7) is 4.21. The fourth-order valence-electron chi connectivity index (χ4n) is 3.06. The molecule has 3 rings (SSSR count). The molecule has 0 aliphatic rings. The average Bonchev–Trinajstić information content (AvgIpc) is 2.71. The van der Waals surface area contributed by atoms with E-state index in [0.29, 0.717) is 23.3 Å². The van der Waals surface area contributed by atoms with Gasteiger partial charge in [0.2, 0.25) is 11.8 Å². The lowest BCUT2D eigenvalue weighted by molar-refractivity contribution is -0.121. The Balaban J connectivity index is 1.87. The van der Waals surface area contributed by atoms with Crippen LogP contribution in [0, 0.1) is 6.92 Å². The van der Waals surface area contributed by atoms with Gasteiger partial charge < -0.3 is 10.6 Å². The Bertz CT molecular complexity index is 1090. The van der Waals surface area contributed by atoms with Crippen molar-refractivity contribution >= 4 is 28.5 Å². The summed E-state index contributed by atoms with van der Waals surface area (Å²) < 4.78 is 1.42. The first kappa shape index (κ1) is 20.3. The van der Waals surface area contributed by atoms with Crippen LogP contribution in [-0.4, -0.2) is 27.9 Å². The van der Waals surface area contributed by atoms with Gasteiger partial charge in [-0.1, -0.05) is 29.8 Å². The van der Waals surface area contributed by atoms with Crippen LogP contribution >= 0.6 is 0 Å². The fraction of sp³-hybridized carbons (Fsp3) is 0.273. The Hall–Kier alpha value is -3.48. The first-order valence-corrected chi connectivity index (χ1v) is 9.59. The molecule has 0 fully saturated rings. The minimum absolute atomic E-state index is 0.134. The number of fused-ring (bicyclic) bond motifs is 1. The Labute approximate surface area is 168 Å². The summed E-state index contributed by atoms with van der Waals surface area (Å²) in [6.07, 6.45) is 0.388. The lowest BCUT2D eigenvalue weighted by Crippen LogP contribution is -2.32. The van der Waals surface area contributed by atoms with Crippen LogP contribution in [0.2, 0.25) is 0 Å². The van der Waals surface area contributed by atoms with Crippen molar-refractivity contribution in [2.45, 2.75) is 33.2 Å². The van der Waals surface area contributed by atoms with Gasteiger partial charge in [-0.3, -0.25) is 19.0 Å². The van der Waals surface area contributed by atoms with Gasteiger partial charge in [0.05, 0.1) is 11.0 Å². The van der Waals surface area contributed by atoms with E-state index in [1.54, 1.807) is 18.2 Å². The molecule has 2 N–H and O–H groups in total. The molecule has 2 aromatic carbocycles. The maximum atomic E-state index is 13.0. The van der Waals surface area contributed by atoms with Crippen LogP contribution in [0.3, 0.4) is 0 Å². The zero-order valence-electron chi connectivity index (χ0n) is 16.6. The number of aromatic nitrogens is 2. The molecule has 0 atom stereocenters. The van der Waals surface area contributed by atoms with Crippen LogP contribution in [0.25, 0.3) is 11.0 Å². The molecule has 0 spiro atoms. The topological polar surface area (TPSA) is 93.1 Å². The number of carbonyl (C=O) groups is 2. The number of hydrogen-bond acceptors (Lipinski definition) is 4. The van der Waals surface area contributed by atoms with Gasteiger partial charge in [0.15, 0.2) is 0 Å². The molecule has 0 radical (unpaired) electrons. The molecule has 0 saturated heterocycles. The number of rotatable bonds is 7. The van der Waals surface area contributed by atoms with E-state index in [-0.39, 0.29) is 42.5 Å². The van der Waals surface area contributed by atoms with Gasteiger partial charge in [-0.2, -0.15) is 0 Å². The van der Waals surface area contributed by atoms with Crippen LogP contribution in [0.1, 0.15) is 24.6 Å². The second-order valence-electron chi connectivity index (χ2n) is 6.81. The number of anilines is 1. The van der Waals surface area contributed by atoms with Crippen molar-refractivity contribution in [3.8, 4) is 0 Å². The van der Waals surface area contributed by atoms with Gasteiger partial charge in [0.25, 0.3) is 5.56 Å². The number of carbonyl (C=O) groups excluding carboxylic acids is 2. The van der Waals surface area contributed by atoms with Crippen molar-refractivity contribution in [3.63, 3.8) is 0 Å². The lowest BCUT2D eigenvalue weighted by Gasteiger charge is -2.13. The number of aryl methyl sites for hydroxylation is 2. The van der Waals surface area contributed by atoms with E-state index in [2.05, 4.69) is 15.6 Å². The molecule has 0 bridgehead atoms. The minimum atomic E-state index is -0.355. The zero-order chi connectivity index (χ0) is 20.8. The average molecular weight is 392 g/mol. The zero-order valence-corrected chi connectivity index (χ0v) is 16.6. The molecule has 3 aromatic rings. The van der Waals surface area contributed by atoms with E-state index >= 15 is 0 Å². The van der Waals surface area contributed by atoms with Gasteiger partial charge in [-0.05, 0) is 38.1 Å². The molecule has 1 aromatic heterocycles. The third-order valence-corrected chi connectivity index (χ3v) is 4.52. The quantitative estimate of drug-likeness (QED) is 0.646. The Morgan fingerprint density at radius 1 is 1.03 bits per heavy atom. The number of nitrogens with one attached hydrogen (secondary N) is 2. The molecule has 150 valence electrons. The predicted molar refractivity (Wildman–Crippen MR) is 113 cm³/mol. The molecule has 0 unspecified atom stereocenters. The van der Waals surface area contributed by atoms with Crippen molar-refractivity contribution in [3.05, 3.63) is 70.1 Å². The largest absolute Gasteiger partial charge is 0.356 e. The fourth-order valence-corrected chi connectivity index (χ4v) is 3.06. The first-order chi connectivity index (χ1) is 14.0. The number of amides is 2. The van der Waals surface area contributed by atoms with Gasteiger partial charge in [0, 0.05) is 25.1 Å². The lowest BCUT2D eigenvalue weighted by atomic mass is 10.2. The highest BCUT2D eigenvalue weighted by molar-refractivity contribution is 5.91. The van der Waals surface area contributed by atoms with Crippen molar-refractivity contribution < 1.29 is 9.59 Å². The monoisotopic (exact) mass is 392 g/mol. The summed E-state index contributed by atoms with van der Waals surface area (Å²) in [5.41, 5.74) is 2.88. The third kappa shape index (κ3) is 5.07. The van der Waals surface area contributed by atoms with Gasteiger partial charge in [0.1, 0.15) is 12.2 Å². The number of hydrogen-bond donors (Lipinski definition) is 2. The molecule has 7 nitrogen and oxygen atoms in total. The van der Waals surface area contributed by atoms with Crippen LogP contribution in [0.15, 0.2) is 53.3 Å². The van der Waals surface area contributed by atoms with E-state index in [4.69, 9.17) is 0 Å². The standard InChI is InChI=1S/C22H24N4O3/c1-3-23-20(27)13-12-18-22(29)26(19-7-5-4-6-17(19)25-18)14-21(28)24-16-10-8-15(2)9-11-16/h4-11H,3,12-14H2,1-2H3,(H,23,27)(H,24,28). The van der Waals surface area contributed by atoms with E-state index in [1.807, 2.05) is 44.2 Å². The van der Waals surface area contributed by atoms with Crippen LogP contribution in [-0.2, 0) is 22.6 Å². The summed E-state index contributed by atoms with van der Waals surface area (Å²) in [6, 6.07) is 14.6. The highest BCUT2D eigenvalue weighted by Crippen LogP contribution is 2.12. The Morgan fingerprint density at radius 2 is 1.76 bits per heavy atom. The molecule has 0 aliphatic carbocycles. The molecule has 1 heterocycles. The highest BCUT2D eigenvalue weighted by atomic mass is 16.2. The van der Waals surface area contributed by atoms with Crippen molar-refractivity contribution in [1.82, 2.24) is 14.9 Å². The number of para-hydroxylation sites is 2. The predicted octanol–water partition coefficient (Wildman–Crippen LogP) is 2.41. The minimum Gasteiger partial charge on any atom is -0.356 e. The maximum absolute atomic E-state index is 13.0. The van der Waals surface area contributed by atoms with Crippen molar-refractivity contribution in [1.29, 1.82) is 0 Å². The summed E-state index contributed by atoms with van der Waals surface area (Å²) in [7, 11) is 0. The number of nitrogens with zero attached hydrogens (tertiary/aromatic N) is 2. The summed E-state index contributed by atoms with van der Waals surface area (Å²) in [5.74, 6) is -0.437. The second-order valence-corrected chi connectivity index (χ2v) is 6.81. The molecule has 0 aliphatic heterocycles. The normalized spacial score (nSPS) is 10.7. The van der Waals surface area contributed by atoms with Gasteiger partial charge >= 0.3 is 0 Å². The highest BCUT2D eigenvalue weighted by Gasteiger charge is 2.15. The Kier molecular flexibility index (Phi) is 6.39. The van der Waals surface area contributed by atoms with E-state index in [0.717, 1.165) is 5.56 Å². The smallest absolute Gasteiger partial charge is 0.273 e. The number of benzene rings is 2. The summed E-state index contributed by atoms with van der Waals surface area (Å²) in [5, 5.41) is 5.52. The molecule has 0 saturated carbocycles. The van der Waals surface area contributed by atoms with Crippen LogP contribution < -0.4 is 16.2 Å². The second kappa shape index (κ2) is 9.14. The molecule has 2 amide bonds.